The molecule has 1 atom stereocenters. The van der Waals surface area contributed by atoms with Crippen LogP contribution in [0.25, 0.3) is 0 Å². The van der Waals surface area contributed by atoms with Crippen molar-refractivity contribution in [3.8, 4) is 0 Å². The standard InChI is InChI=1S/C26H34N2O2S/c1-20-10-9-13-23(16-20)18-31-19-25(29)28(17-22-11-5-3-6-12-22)21(2)26(30)27-24-14-7-4-8-15-24/h3,5-6,9-13,16,21,24H,4,7-8,14-15,17-19H2,1-2H3,(H,27,30). The second kappa shape index (κ2) is 11.9. The van der Waals surface area contributed by atoms with Gasteiger partial charge in [0, 0.05) is 18.3 Å². The van der Waals surface area contributed by atoms with E-state index >= 15 is 0 Å². The summed E-state index contributed by atoms with van der Waals surface area (Å²) >= 11 is 1.60. The fourth-order valence-electron chi connectivity index (χ4n) is 4.07. The number of thioether (sulfide) groups is 1. The highest BCUT2D eigenvalue weighted by Crippen LogP contribution is 2.19. The first kappa shape index (κ1) is 23.4. The van der Waals surface area contributed by atoms with Gasteiger partial charge in [-0.25, -0.2) is 0 Å². The van der Waals surface area contributed by atoms with E-state index in [9.17, 15) is 9.59 Å². The van der Waals surface area contributed by atoms with Crippen molar-refractivity contribution in [3.05, 3.63) is 71.3 Å². The number of nitrogens with zero attached hydrogens (tertiary/aromatic N) is 1. The van der Waals surface area contributed by atoms with Crippen molar-refractivity contribution in [2.24, 2.45) is 0 Å². The van der Waals surface area contributed by atoms with Gasteiger partial charge in [-0.3, -0.25) is 9.59 Å². The maximum absolute atomic E-state index is 13.2. The van der Waals surface area contributed by atoms with Crippen LogP contribution in [0.2, 0.25) is 0 Å². The smallest absolute Gasteiger partial charge is 0.242 e. The zero-order valence-electron chi connectivity index (χ0n) is 18.7. The second-order valence-electron chi connectivity index (χ2n) is 8.51. The molecule has 0 aromatic heterocycles. The lowest BCUT2D eigenvalue weighted by atomic mass is 9.95. The molecule has 1 fully saturated rings. The third-order valence-corrected chi connectivity index (χ3v) is 6.88. The molecule has 1 aliphatic carbocycles. The number of aryl methyl sites for hydroxylation is 1. The minimum Gasteiger partial charge on any atom is -0.352 e. The van der Waals surface area contributed by atoms with Crippen LogP contribution in [-0.4, -0.2) is 34.6 Å². The number of benzene rings is 2. The summed E-state index contributed by atoms with van der Waals surface area (Å²) in [4.78, 5) is 27.9. The first-order valence-corrected chi connectivity index (χ1v) is 12.5. The number of carbonyl (C=O) groups is 2. The van der Waals surface area contributed by atoms with E-state index in [2.05, 4.69) is 30.4 Å². The van der Waals surface area contributed by atoms with Crippen molar-refractivity contribution >= 4 is 23.6 Å². The van der Waals surface area contributed by atoms with Crippen LogP contribution in [0.15, 0.2) is 54.6 Å². The highest BCUT2D eigenvalue weighted by Gasteiger charge is 2.27. The van der Waals surface area contributed by atoms with E-state index < -0.39 is 6.04 Å². The van der Waals surface area contributed by atoms with Gasteiger partial charge in [-0.05, 0) is 37.8 Å². The van der Waals surface area contributed by atoms with Crippen LogP contribution < -0.4 is 5.32 Å². The molecule has 166 valence electrons. The topological polar surface area (TPSA) is 49.4 Å². The number of hydrogen-bond donors (Lipinski definition) is 1. The van der Waals surface area contributed by atoms with Crippen molar-refractivity contribution in [2.75, 3.05) is 5.75 Å². The average Bonchev–Trinajstić information content (AvgIpc) is 2.78. The van der Waals surface area contributed by atoms with E-state index in [0.717, 1.165) is 24.2 Å². The first-order valence-electron chi connectivity index (χ1n) is 11.3. The van der Waals surface area contributed by atoms with E-state index in [-0.39, 0.29) is 17.9 Å². The number of nitrogens with one attached hydrogen (secondary N) is 1. The van der Waals surface area contributed by atoms with Crippen LogP contribution in [0, 0.1) is 6.92 Å². The fourth-order valence-corrected chi connectivity index (χ4v) is 4.93. The van der Waals surface area contributed by atoms with Crippen molar-refractivity contribution in [3.63, 3.8) is 0 Å². The quantitative estimate of drug-likeness (QED) is 0.593. The van der Waals surface area contributed by atoms with Gasteiger partial charge in [0.25, 0.3) is 0 Å². The Bertz CT molecular complexity index is 849. The van der Waals surface area contributed by atoms with Crippen LogP contribution in [0.5, 0.6) is 0 Å². The Morgan fingerprint density at radius 2 is 1.74 bits per heavy atom. The molecule has 4 nitrogen and oxygen atoms in total. The number of amides is 2. The summed E-state index contributed by atoms with van der Waals surface area (Å²) in [6.45, 7) is 4.38. The highest BCUT2D eigenvalue weighted by molar-refractivity contribution is 7.99. The summed E-state index contributed by atoms with van der Waals surface area (Å²) in [5, 5.41) is 3.19. The van der Waals surface area contributed by atoms with Crippen molar-refractivity contribution in [1.29, 1.82) is 0 Å². The van der Waals surface area contributed by atoms with E-state index in [0.29, 0.717) is 12.3 Å². The Labute approximate surface area is 190 Å². The minimum absolute atomic E-state index is 0.00722. The number of rotatable bonds is 9. The monoisotopic (exact) mass is 438 g/mol. The molecule has 31 heavy (non-hydrogen) atoms. The lowest BCUT2D eigenvalue weighted by Gasteiger charge is -2.31. The summed E-state index contributed by atoms with van der Waals surface area (Å²) in [5.74, 6) is 1.12. The molecule has 3 rings (SSSR count). The zero-order chi connectivity index (χ0) is 22.1. The van der Waals surface area contributed by atoms with Crippen LogP contribution in [-0.2, 0) is 21.9 Å². The van der Waals surface area contributed by atoms with Gasteiger partial charge in [-0.1, -0.05) is 79.4 Å². The van der Waals surface area contributed by atoms with Gasteiger partial charge in [0.05, 0.1) is 5.75 Å². The summed E-state index contributed by atoms with van der Waals surface area (Å²) in [5.41, 5.74) is 3.48. The molecule has 5 heteroatoms. The third-order valence-electron chi connectivity index (χ3n) is 5.89. The van der Waals surface area contributed by atoms with Crippen molar-refractivity contribution < 1.29 is 9.59 Å². The van der Waals surface area contributed by atoms with Gasteiger partial charge in [-0.2, -0.15) is 0 Å². The molecule has 0 saturated heterocycles. The SMILES string of the molecule is Cc1cccc(CSCC(=O)N(Cc2ccccc2)C(C)C(=O)NC2CCCCC2)c1. The largest absolute Gasteiger partial charge is 0.352 e. The molecule has 2 amide bonds. The Balaban J connectivity index is 1.62. The second-order valence-corrected chi connectivity index (χ2v) is 9.49. The van der Waals surface area contributed by atoms with Gasteiger partial charge < -0.3 is 10.2 Å². The number of carbonyl (C=O) groups excluding carboxylic acids is 2. The Morgan fingerprint density at radius 3 is 2.45 bits per heavy atom. The minimum atomic E-state index is -0.491. The normalized spacial score (nSPS) is 15.3. The van der Waals surface area contributed by atoms with E-state index in [1.165, 1.54) is 30.4 Å². The summed E-state index contributed by atoms with van der Waals surface area (Å²) in [7, 11) is 0. The van der Waals surface area contributed by atoms with Crippen molar-refractivity contribution in [1.82, 2.24) is 10.2 Å². The van der Waals surface area contributed by atoms with Gasteiger partial charge >= 0.3 is 0 Å². The van der Waals surface area contributed by atoms with Crippen LogP contribution >= 0.6 is 11.8 Å². The number of hydrogen-bond acceptors (Lipinski definition) is 3. The predicted octanol–water partition coefficient (Wildman–Crippen LogP) is 5.09. The van der Waals surface area contributed by atoms with Gasteiger partial charge in [0.2, 0.25) is 11.8 Å². The first-order chi connectivity index (χ1) is 15.0. The van der Waals surface area contributed by atoms with E-state index in [4.69, 9.17) is 0 Å². The van der Waals surface area contributed by atoms with Gasteiger partial charge in [0.15, 0.2) is 0 Å². The lowest BCUT2D eigenvalue weighted by Crippen LogP contribution is -2.50. The molecule has 0 bridgehead atoms. The van der Waals surface area contributed by atoms with Crippen molar-refractivity contribution in [2.45, 2.75) is 70.3 Å². The molecule has 0 spiro atoms. The predicted molar refractivity (Wildman–Crippen MR) is 129 cm³/mol. The molecule has 0 aliphatic heterocycles. The molecule has 1 unspecified atom stereocenters. The lowest BCUT2D eigenvalue weighted by molar-refractivity contribution is -0.139. The summed E-state index contributed by atoms with van der Waals surface area (Å²) in [6.07, 6.45) is 5.66. The van der Waals surface area contributed by atoms with Gasteiger partial charge in [0.1, 0.15) is 6.04 Å². The fraction of sp³-hybridized carbons (Fsp3) is 0.462. The van der Waals surface area contributed by atoms with E-state index in [1.807, 2.05) is 43.3 Å². The molecular weight excluding hydrogens is 404 g/mol. The third kappa shape index (κ3) is 7.42. The Morgan fingerprint density at radius 1 is 1.03 bits per heavy atom. The zero-order valence-corrected chi connectivity index (χ0v) is 19.5. The molecule has 1 aliphatic rings. The Kier molecular flexibility index (Phi) is 9.01. The molecule has 2 aromatic rings. The highest BCUT2D eigenvalue weighted by atomic mass is 32.2. The molecule has 0 radical (unpaired) electrons. The Hall–Kier alpha value is -2.27. The average molecular weight is 439 g/mol. The van der Waals surface area contributed by atoms with Gasteiger partial charge in [-0.15, -0.1) is 11.8 Å². The van der Waals surface area contributed by atoms with Crippen LogP contribution in [0.4, 0.5) is 0 Å². The summed E-state index contributed by atoms with van der Waals surface area (Å²) in [6, 6.07) is 18.0. The molecule has 0 heterocycles. The molecule has 1 N–H and O–H groups in total. The van der Waals surface area contributed by atoms with Crippen LogP contribution in [0.3, 0.4) is 0 Å². The maximum atomic E-state index is 13.2. The maximum Gasteiger partial charge on any atom is 0.242 e. The van der Waals surface area contributed by atoms with Crippen LogP contribution in [0.1, 0.15) is 55.7 Å². The summed E-state index contributed by atoms with van der Waals surface area (Å²) < 4.78 is 0. The molecule has 2 aromatic carbocycles. The molecule has 1 saturated carbocycles. The van der Waals surface area contributed by atoms with E-state index in [1.54, 1.807) is 16.7 Å². The molecular formula is C26H34N2O2S.